The zero-order chi connectivity index (χ0) is 18.2. The van der Waals surface area contributed by atoms with Crippen LogP contribution in [0.5, 0.6) is 0 Å². The van der Waals surface area contributed by atoms with Gasteiger partial charge in [0, 0.05) is 26.2 Å². The van der Waals surface area contributed by atoms with Gasteiger partial charge in [0.15, 0.2) is 0 Å². The van der Waals surface area contributed by atoms with Gasteiger partial charge in [-0.2, -0.15) is 4.31 Å². The molecular formula is C15H13ClF2N2O3S2. The highest BCUT2D eigenvalue weighted by Crippen LogP contribution is 2.25. The Kier molecular flexibility index (Phi) is 5.10. The number of hydrogen-bond donors (Lipinski definition) is 0. The fourth-order valence-corrected chi connectivity index (χ4v) is 5.04. The quantitative estimate of drug-likeness (QED) is 0.787. The highest BCUT2D eigenvalue weighted by molar-refractivity contribution is 7.89. The van der Waals surface area contributed by atoms with E-state index in [2.05, 4.69) is 0 Å². The van der Waals surface area contributed by atoms with Gasteiger partial charge >= 0.3 is 0 Å². The van der Waals surface area contributed by atoms with Gasteiger partial charge in [-0.3, -0.25) is 4.79 Å². The average Bonchev–Trinajstić information content (AvgIpc) is 3.03. The molecule has 1 aromatic carbocycles. The van der Waals surface area contributed by atoms with Gasteiger partial charge in [0.25, 0.3) is 5.91 Å². The van der Waals surface area contributed by atoms with Crippen molar-refractivity contribution in [3.8, 4) is 0 Å². The van der Waals surface area contributed by atoms with Gasteiger partial charge in [-0.25, -0.2) is 17.2 Å². The number of rotatable bonds is 3. The lowest BCUT2D eigenvalue weighted by Crippen LogP contribution is -2.50. The van der Waals surface area contributed by atoms with Crippen LogP contribution in [0.4, 0.5) is 8.78 Å². The van der Waals surface area contributed by atoms with E-state index in [1.54, 1.807) is 12.1 Å². The van der Waals surface area contributed by atoms with Crippen LogP contribution < -0.4 is 0 Å². The second-order valence-electron chi connectivity index (χ2n) is 5.37. The van der Waals surface area contributed by atoms with Gasteiger partial charge in [-0.05, 0) is 30.3 Å². The molecule has 1 fully saturated rings. The number of benzene rings is 1. The first kappa shape index (κ1) is 18.2. The molecule has 1 aromatic heterocycles. The summed E-state index contributed by atoms with van der Waals surface area (Å²) >= 11 is 6.96. The summed E-state index contributed by atoms with van der Waals surface area (Å²) in [5.74, 6) is -2.07. The minimum atomic E-state index is -4.16. The molecule has 0 unspecified atom stereocenters. The zero-order valence-corrected chi connectivity index (χ0v) is 15.2. The molecule has 1 amide bonds. The molecule has 0 aliphatic carbocycles. The van der Waals surface area contributed by atoms with E-state index in [0.29, 0.717) is 15.3 Å². The summed E-state index contributed by atoms with van der Waals surface area (Å²) in [5.41, 5.74) is 0. The summed E-state index contributed by atoms with van der Waals surface area (Å²) in [6, 6.07) is 5.53. The lowest BCUT2D eigenvalue weighted by atomic mass is 10.3. The van der Waals surface area contributed by atoms with Gasteiger partial charge in [0.2, 0.25) is 10.0 Å². The lowest BCUT2D eigenvalue weighted by Gasteiger charge is -2.33. The maximum Gasteiger partial charge on any atom is 0.264 e. The number of sulfonamides is 1. The number of carbonyl (C=O) groups is 1. The Hall–Kier alpha value is -1.55. The molecule has 0 radical (unpaired) electrons. The van der Waals surface area contributed by atoms with Gasteiger partial charge in [0.05, 0.1) is 9.21 Å². The molecule has 0 bridgehead atoms. The SMILES string of the molecule is O=C(c1ccc(Cl)s1)N1CCN(S(=O)(=O)c2cc(F)ccc2F)CC1. The highest BCUT2D eigenvalue weighted by Gasteiger charge is 2.32. The van der Waals surface area contributed by atoms with Crippen LogP contribution in [0.1, 0.15) is 9.67 Å². The van der Waals surface area contributed by atoms with E-state index in [1.807, 2.05) is 0 Å². The molecule has 0 N–H and O–H groups in total. The first-order valence-corrected chi connectivity index (χ1v) is 9.92. The van der Waals surface area contributed by atoms with Gasteiger partial charge in [-0.1, -0.05) is 11.6 Å². The molecule has 1 saturated heterocycles. The molecule has 5 nitrogen and oxygen atoms in total. The van der Waals surface area contributed by atoms with E-state index in [-0.39, 0.29) is 32.1 Å². The third-order valence-corrected chi connectivity index (χ3v) is 6.95. The lowest BCUT2D eigenvalue weighted by molar-refractivity contribution is 0.0702. The summed E-state index contributed by atoms with van der Waals surface area (Å²) in [4.78, 5) is 13.6. The molecule has 0 saturated carbocycles. The van der Waals surface area contributed by atoms with Crippen molar-refractivity contribution < 1.29 is 22.0 Å². The molecule has 0 atom stereocenters. The van der Waals surface area contributed by atoms with E-state index in [4.69, 9.17) is 11.6 Å². The summed E-state index contributed by atoms with van der Waals surface area (Å²) < 4.78 is 53.7. The van der Waals surface area contributed by atoms with Crippen LogP contribution in [0.2, 0.25) is 4.34 Å². The predicted octanol–water partition coefficient (Wildman–Crippen LogP) is 2.83. The van der Waals surface area contributed by atoms with E-state index >= 15 is 0 Å². The van der Waals surface area contributed by atoms with Gasteiger partial charge in [-0.15, -0.1) is 11.3 Å². The van der Waals surface area contributed by atoms with Crippen LogP contribution in [-0.4, -0.2) is 49.7 Å². The van der Waals surface area contributed by atoms with Crippen LogP contribution in [-0.2, 0) is 10.0 Å². The largest absolute Gasteiger partial charge is 0.335 e. The minimum Gasteiger partial charge on any atom is -0.335 e. The normalized spacial score (nSPS) is 16.2. The third kappa shape index (κ3) is 3.69. The molecule has 10 heteroatoms. The summed E-state index contributed by atoms with van der Waals surface area (Å²) in [6.45, 7) is 0.321. The molecule has 25 heavy (non-hydrogen) atoms. The van der Waals surface area contributed by atoms with Crippen LogP contribution in [0, 0.1) is 11.6 Å². The maximum absolute atomic E-state index is 13.8. The summed E-state index contributed by atoms with van der Waals surface area (Å²) in [7, 11) is -4.16. The van der Waals surface area contributed by atoms with Crippen LogP contribution in [0.25, 0.3) is 0 Å². The van der Waals surface area contributed by atoms with Crippen LogP contribution in [0.3, 0.4) is 0 Å². The third-order valence-electron chi connectivity index (χ3n) is 3.82. The monoisotopic (exact) mass is 406 g/mol. The molecule has 1 aliphatic heterocycles. The Morgan fingerprint density at radius 3 is 2.36 bits per heavy atom. The molecule has 3 rings (SSSR count). The number of amides is 1. The van der Waals surface area contributed by atoms with E-state index < -0.39 is 26.6 Å². The standard InChI is InChI=1S/C15H13ClF2N2O3S2/c16-14-4-3-12(24-14)15(21)19-5-7-20(8-6-19)25(22,23)13-9-10(17)1-2-11(13)18/h1-4,9H,5-8H2. The van der Waals surface area contributed by atoms with E-state index in [0.717, 1.165) is 27.8 Å². The van der Waals surface area contributed by atoms with Crippen LogP contribution >= 0.6 is 22.9 Å². The molecule has 2 aromatic rings. The van der Waals surface area contributed by atoms with Crippen molar-refractivity contribution in [3.05, 3.63) is 51.2 Å². The summed E-state index contributed by atoms with van der Waals surface area (Å²) in [6.07, 6.45) is 0. The topological polar surface area (TPSA) is 57.7 Å². The van der Waals surface area contributed by atoms with Crippen molar-refractivity contribution in [1.29, 1.82) is 0 Å². The number of thiophene rings is 1. The second-order valence-corrected chi connectivity index (χ2v) is 9.00. The number of piperazine rings is 1. The molecular weight excluding hydrogens is 394 g/mol. The van der Waals surface area contributed by atoms with E-state index in [1.165, 1.54) is 4.90 Å². The smallest absolute Gasteiger partial charge is 0.264 e. The maximum atomic E-state index is 13.8. The van der Waals surface area contributed by atoms with Crippen molar-refractivity contribution in [2.45, 2.75) is 4.90 Å². The summed E-state index contributed by atoms with van der Waals surface area (Å²) in [5, 5.41) is 0. The molecule has 1 aliphatic rings. The molecule has 2 heterocycles. The Bertz CT molecular complexity index is 909. The van der Waals surface area contributed by atoms with Gasteiger partial charge < -0.3 is 4.90 Å². The number of halogens is 3. The molecule has 0 spiro atoms. The Morgan fingerprint density at radius 2 is 1.76 bits per heavy atom. The second kappa shape index (κ2) is 6.99. The molecule has 134 valence electrons. The fraction of sp³-hybridized carbons (Fsp3) is 0.267. The Morgan fingerprint density at radius 1 is 1.08 bits per heavy atom. The minimum absolute atomic E-state index is 0.00311. The fourth-order valence-electron chi connectivity index (χ4n) is 2.53. The number of carbonyl (C=O) groups excluding carboxylic acids is 1. The average molecular weight is 407 g/mol. The Labute approximate surface area is 152 Å². The predicted molar refractivity (Wildman–Crippen MR) is 90.3 cm³/mol. The van der Waals surface area contributed by atoms with Crippen molar-refractivity contribution in [3.63, 3.8) is 0 Å². The number of hydrogen-bond acceptors (Lipinski definition) is 4. The highest BCUT2D eigenvalue weighted by atomic mass is 35.5. The number of nitrogens with zero attached hydrogens (tertiary/aromatic N) is 2. The van der Waals surface area contributed by atoms with Crippen molar-refractivity contribution in [2.24, 2.45) is 0 Å². The van der Waals surface area contributed by atoms with E-state index in [9.17, 15) is 22.0 Å². The van der Waals surface area contributed by atoms with Crippen LogP contribution in [0.15, 0.2) is 35.2 Å². The van der Waals surface area contributed by atoms with Gasteiger partial charge in [0.1, 0.15) is 16.5 Å². The zero-order valence-electron chi connectivity index (χ0n) is 12.8. The first-order valence-electron chi connectivity index (χ1n) is 7.29. The van der Waals surface area contributed by atoms with Crippen molar-refractivity contribution in [1.82, 2.24) is 9.21 Å². The Balaban J connectivity index is 1.73. The van der Waals surface area contributed by atoms with Crippen molar-refractivity contribution >= 4 is 38.9 Å². The first-order chi connectivity index (χ1) is 11.8. The van der Waals surface area contributed by atoms with Crippen molar-refractivity contribution in [2.75, 3.05) is 26.2 Å².